The Morgan fingerprint density at radius 1 is 1.13 bits per heavy atom. The van der Waals surface area contributed by atoms with E-state index < -0.39 is 17.6 Å². The standard InChI is InChI=1S/C20H24ClF3N4O3/c1-31-16-5-12(21)4-13(6-16)25-17(29)10-27-8-15-7-14(27)9-28(15)11-18(30)26-19(2-3-19)20(22,23)24/h4-6,14-15H,2-3,7-11H2,1H3,(H,25,29)(H,26,30)/t14-,15-/m0/s1. The highest BCUT2D eigenvalue weighted by atomic mass is 35.5. The lowest BCUT2D eigenvalue weighted by Crippen LogP contribution is -2.54. The number of carbonyl (C=O) groups excluding carboxylic acids is 2. The summed E-state index contributed by atoms with van der Waals surface area (Å²) in [6.07, 6.45) is -3.74. The number of rotatable bonds is 7. The maximum absolute atomic E-state index is 13.0. The van der Waals surface area contributed by atoms with E-state index in [1.807, 2.05) is 9.80 Å². The van der Waals surface area contributed by atoms with Crippen LogP contribution >= 0.6 is 11.6 Å². The average molecular weight is 461 g/mol. The number of hydrogen-bond acceptors (Lipinski definition) is 5. The minimum atomic E-state index is -4.41. The fourth-order valence-electron chi connectivity index (χ4n) is 4.45. The molecule has 3 aliphatic rings. The van der Waals surface area contributed by atoms with Crippen molar-refractivity contribution in [2.45, 2.75) is 43.1 Å². The van der Waals surface area contributed by atoms with Crippen LogP contribution < -0.4 is 15.4 Å². The summed E-state index contributed by atoms with van der Waals surface area (Å²) < 4.78 is 44.2. The number of piperazine rings is 1. The van der Waals surface area contributed by atoms with Crippen molar-refractivity contribution >= 4 is 29.1 Å². The molecule has 1 aromatic rings. The molecule has 2 bridgehead atoms. The molecule has 4 rings (SSSR count). The van der Waals surface area contributed by atoms with Crippen LogP contribution in [0.15, 0.2) is 18.2 Å². The second-order valence-corrected chi connectivity index (χ2v) is 8.89. The van der Waals surface area contributed by atoms with E-state index in [-0.39, 0.29) is 43.9 Å². The number of likely N-dealkylation sites (tertiary alicyclic amines) is 2. The van der Waals surface area contributed by atoms with Gasteiger partial charge in [-0.15, -0.1) is 0 Å². The normalized spacial score (nSPS) is 24.8. The molecule has 31 heavy (non-hydrogen) atoms. The van der Waals surface area contributed by atoms with Gasteiger partial charge in [0.15, 0.2) is 0 Å². The minimum Gasteiger partial charge on any atom is -0.497 e. The molecule has 2 atom stereocenters. The lowest BCUT2D eigenvalue weighted by Gasteiger charge is -2.33. The van der Waals surface area contributed by atoms with Gasteiger partial charge >= 0.3 is 6.18 Å². The van der Waals surface area contributed by atoms with Crippen molar-refractivity contribution in [3.05, 3.63) is 23.2 Å². The molecule has 0 spiro atoms. The number of anilines is 1. The molecular weight excluding hydrogens is 437 g/mol. The predicted molar refractivity (Wildman–Crippen MR) is 108 cm³/mol. The monoisotopic (exact) mass is 460 g/mol. The van der Waals surface area contributed by atoms with E-state index in [4.69, 9.17) is 16.3 Å². The van der Waals surface area contributed by atoms with Crippen molar-refractivity contribution < 1.29 is 27.5 Å². The number of benzene rings is 1. The number of carbonyl (C=O) groups is 2. The van der Waals surface area contributed by atoms with Crippen molar-refractivity contribution in [1.29, 1.82) is 0 Å². The Morgan fingerprint density at radius 2 is 1.74 bits per heavy atom. The molecule has 3 fully saturated rings. The number of methoxy groups -OCH3 is 1. The van der Waals surface area contributed by atoms with Crippen LogP contribution in [0.25, 0.3) is 0 Å². The highest BCUT2D eigenvalue weighted by Gasteiger charge is 2.64. The molecular formula is C20H24ClF3N4O3. The molecule has 0 unspecified atom stereocenters. The van der Waals surface area contributed by atoms with Crippen molar-refractivity contribution in [2.75, 3.05) is 38.6 Å². The second-order valence-electron chi connectivity index (χ2n) is 8.46. The van der Waals surface area contributed by atoms with E-state index in [1.165, 1.54) is 7.11 Å². The third-order valence-electron chi connectivity index (χ3n) is 6.22. The Hall–Kier alpha value is -2.04. The van der Waals surface area contributed by atoms with Crippen LogP contribution in [0.4, 0.5) is 18.9 Å². The number of halogens is 4. The second kappa shape index (κ2) is 8.14. The van der Waals surface area contributed by atoms with Crippen LogP contribution in [0.1, 0.15) is 19.3 Å². The van der Waals surface area contributed by atoms with Gasteiger partial charge in [0.05, 0.1) is 20.2 Å². The quantitative estimate of drug-likeness (QED) is 0.653. The number of nitrogens with zero attached hydrogens (tertiary/aromatic N) is 2. The fourth-order valence-corrected chi connectivity index (χ4v) is 4.68. The van der Waals surface area contributed by atoms with Crippen LogP contribution in [0, 0.1) is 0 Å². The molecule has 2 N–H and O–H groups in total. The zero-order valence-corrected chi connectivity index (χ0v) is 17.7. The van der Waals surface area contributed by atoms with Crippen LogP contribution in [0.5, 0.6) is 5.75 Å². The minimum absolute atomic E-state index is 0.0517. The molecule has 11 heteroatoms. The number of alkyl halides is 3. The van der Waals surface area contributed by atoms with Gasteiger partial charge in [0.25, 0.3) is 0 Å². The van der Waals surface area contributed by atoms with Gasteiger partial charge in [-0.2, -0.15) is 13.2 Å². The van der Waals surface area contributed by atoms with Crippen molar-refractivity contribution in [1.82, 2.24) is 15.1 Å². The maximum atomic E-state index is 13.0. The first-order valence-electron chi connectivity index (χ1n) is 10.1. The predicted octanol–water partition coefficient (Wildman–Crippen LogP) is 2.26. The van der Waals surface area contributed by atoms with Crippen LogP contribution in [-0.4, -0.2) is 78.7 Å². The Balaban J connectivity index is 1.25. The van der Waals surface area contributed by atoms with E-state index in [0.29, 0.717) is 29.5 Å². The lowest BCUT2D eigenvalue weighted by atomic mass is 10.2. The lowest BCUT2D eigenvalue weighted by molar-refractivity contribution is -0.170. The van der Waals surface area contributed by atoms with E-state index in [9.17, 15) is 22.8 Å². The zero-order chi connectivity index (χ0) is 22.4. The molecule has 2 amide bonds. The molecule has 2 aliphatic heterocycles. The molecule has 2 heterocycles. The van der Waals surface area contributed by atoms with Gasteiger partial charge in [-0.25, -0.2) is 0 Å². The molecule has 2 saturated heterocycles. The van der Waals surface area contributed by atoms with Gasteiger partial charge in [0.1, 0.15) is 11.3 Å². The molecule has 0 radical (unpaired) electrons. The van der Waals surface area contributed by atoms with Crippen molar-refractivity contribution in [3.8, 4) is 5.75 Å². The molecule has 1 aliphatic carbocycles. The van der Waals surface area contributed by atoms with Gasteiger partial charge < -0.3 is 15.4 Å². The molecule has 1 saturated carbocycles. The highest BCUT2D eigenvalue weighted by molar-refractivity contribution is 6.31. The van der Waals surface area contributed by atoms with Crippen LogP contribution in [-0.2, 0) is 9.59 Å². The first-order valence-corrected chi connectivity index (χ1v) is 10.5. The maximum Gasteiger partial charge on any atom is 0.411 e. The zero-order valence-electron chi connectivity index (χ0n) is 17.0. The van der Waals surface area contributed by atoms with Gasteiger partial charge in [-0.1, -0.05) is 11.6 Å². The Labute approximate surface area is 182 Å². The third-order valence-corrected chi connectivity index (χ3v) is 6.44. The summed E-state index contributed by atoms with van der Waals surface area (Å²) in [5.41, 5.74) is -1.49. The number of nitrogens with one attached hydrogen (secondary N) is 2. The third kappa shape index (κ3) is 4.75. The van der Waals surface area contributed by atoms with Gasteiger partial charge in [-0.05, 0) is 31.4 Å². The Bertz CT molecular complexity index is 878. The summed E-state index contributed by atoms with van der Waals surface area (Å²) in [5, 5.41) is 5.43. The Kier molecular flexibility index (Phi) is 5.82. The number of fused-ring (bicyclic) bond motifs is 2. The summed E-state index contributed by atoms with van der Waals surface area (Å²) in [7, 11) is 1.51. The smallest absolute Gasteiger partial charge is 0.411 e. The molecule has 7 nitrogen and oxygen atoms in total. The summed E-state index contributed by atoms with van der Waals surface area (Å²) in [6, 6.07) is 5.09. The topological polar surface area (TPSA) is 73.9 Å². The van der Waals surface area contributed by atoms with E-state index in [1.54, 1.807) is 18.2 Å². The van der Waals surface area contributed by atoms with Crippen LogP contribution in [0.3, 0.4) is 0 Å². The number of amides is 2. The van der Waals surface area contributed by atoms with E-state index in [2.05, 4.69) is 10.6 Å². The van der Waals surface area contributed by atoms with Crippen molar-refractivity contribution in [2.24, 2.45) is 0 Å². The fraction of sp³-hybridized carbons (Fsp3) is 0.600. The van der Waals surface area contributed by atoms with Crippen LogP contribution in [0.2, 0.25) is 5.02 Å². The van der Waals surface area contributed by atoms with Gasteiger partial charge in [0.2, 0.25) is 11.8 Å². The molecule has 1 aromatic carbocycles. The Morgan fingerprint density at radius 3 is 2.26 bits per heavy atom. The largest absolute Gasteiger partial charge is 0.497 e. The summed E-state index contributed by atoms with van der Waals surface area (Å²) in [6.45, 7) is 1.28. The highest BCUT2D eigenvalue weighted by Crippen LogP contribution is 2.48. The van der Waals surface area contributed by atoms with Crippen molar-refractivity contribution in [3.63, 3.8) is 0 Å². The summed E-state index contributed by atoms with van der Waals surface area (Å²) in [4.78, 5) is 28.6. The first-order chi connectivity index (χ1) is 14.6. The summed E-state index contributed by atoms with van der Waals surface area (Å²) in [5.74, 6) is -0.251. The first kappa shape index (κ1) is 22.2. The number of hydrogen-bond donors (Lipinski definition) is 2. The van der Waals surface area contributed by atoms with E-state index in [0.717, 1.165) is 6.42 Å². The molecule has 170 valence electrons. The van der Waals surface area contributed by atoms with Gasteiger partial charge in [-0.3, -0.25) is 19.4 Å². The van der Waals surface area contributed by atoms with E-state index >= 15 is 0 Å². The number of ether oxygens (including phenoxy) is 1. The molecule has 0 aromatic heterocycles. The summed E-state index contributed by atoms with van der Waals surface area (Å²) >= 11 is 6.02. The van der Waals surface area contributed by atoms with Gasteiger partial charge in [0, 0.05) is 41.9 Å². The SMILES string of the molecule is COc1cc(Cl)cc(NC(=O)CN2C[C@@H]3C[C@H]2CN3CC(=O)NC2(C(F)(F)F)CC2)c1. The average Bonchev–Trinajstić information content (AvgIpc) is 3.22.